The van der Waals surface area contributed by atoms with E-state index in [2.05, 4.69) is 20.8 Å². The molecule has 0 aromatic rings. The highest BCUT2D eigenvalue weighted by Crippen LogP contribution is 2.17. The van der Waals surface area contributed by atoms with Crippen LogP contribution in [0.15, 0.2) is 0 Å². The highest BCUT2D eigenvalue weighted by atomic mass is 16.5. The van der Waals surface area contributed by atoms with Crippen molar-refractivity contribution in [2.24, 2.45) is 5.92 Å². The van der Waals surface area contributed by atoms with Crippen LogP contribution in [0.5, 0.6) is 0 Å². The summed E-state index contributed by atoms with van der Waals surface area (Å²) in [5.41, 5.74) is 0. The summed E-state index contributed by atoms with van der Waals surface area (Å²) < 4.78 is 5.57. The molecule has 186 valence electrons. The lowest BCUT2D eigenvalue weighted by Gasteiger charge is -2.16. The Kier molecular flexibility index (Phi) is 25.3. The van der Waals surface area contributed by atoms with Crippen molar-refractivity contribution in [3.8, 4) is 0 Å². The lowest BCUT2D eigenvalue weighted by molar-refractivity contribution is -0.145. The summed E-state index contributed by atoms with van der Waals surface area (Å²) in [4.78, 5) is 12.0. The molecule has 0 aliphatic heterocycles. The normalized spacial score (nSPS) is 12.2. The van der Waals surface area contributed by atoms with Crippen LogP contribution >= 0.6 is 0 Å². The van der Waals surface area contributed by atoms with E-state index in [1.165, 1.54) is 135 Å². The lowest BCUT2D eigenvalue weighted by atomic mass is 9.97. The molecular weight excluding hydrogens is 380 g/mol. The number of hydrogen-bond donors (Lipinski definition) is 0. The predicted octanol–water partition coefficient (Wildman–Crippen LogP) is 10.2. The predicted molar refractivity (Wildman–Crippen MR) is 138 cm³/mol. The molecule has 1 unspecified atom stereocenters. The van der Waals surface area contributed by atoms with E-state index in [1.807, 2.05) is 0 Å². The van der Waals surface area contributed by atoms with Gasteiger partial charge in [-0.2, -0.15) is 0 Å². The summed E-state index contributed by atoms with van der Waals surface area (Å²) in [6, 6.07) is 0. The van der Waals surface area contributed by atoms with Gasteiger partial charge in [-0.3, -0.25) is 4.79 Å². The van der Waals surface area contributed by atoms with Gasteiger partial charge in [0.05, 0.1) is 6.61 Å². The van der Waals surface area contributed by atoms with Gasteiger partial charge in [-0.05, 0) is 25.2 Å². The highest BCUT2D eigenvalue weighted by Gasteiger charge is 2.11. The minimum atomic E-state index is 0.0296. The number of esters is 1. The van der Waals surface area contributed by atoms with Crippen molar-refractivity contribution in [1.29, 1.82) is 0 Å². The Labute approximate surface area is 196 Å². The first-order valence-corrected chi connectivity index (χ1v) is 14.4. The summed E-state index contributed by atoms with van der Waals surface area (Å²) in [5, 5.41) is 0. The van der Waals surface area contributed by atoms with Crippen LogP contribution in [0.1, 0.15) is 168 Å². The summed E-state index contributed by atoms with van der Waals surface area (Å²) in [7, 11) is 0. The summed E-state index contributed by atoms with van der Waals surface area (Å²) in [6.45, 7) is 7.41. The number of ether oxygens (including phenoxy) is 1. The molecule has 0 saturated carbocycles. The maximum atomic E-state index is 12.0. The van der Waals surface area contributed by atoms with Gasteiger partial charge in [0.2, 0.25) is 0 Å². The molecule has 0 heterocycles. The monoisotopic (exact) mass is 438 g/mol. The van der Waals surface area contributed by atoms with Gasteiger partial charge in [-0.15, -0.1) is 0 Å². The first-order valence-electron chi connectivity index (χ1n) is 14.4. The van der Waals surface area contributed by atoms with Crippen LogP contribution in [0.25, 0.3) is 0 Å². The van der Waals surface area contributed by atoms with Crippen LogP contribution in [0.4, 0.5) is 0 Å². The molecular formula is C29H58O2. The topological polar surface area (TPSA) is 26.3 Å². The van der Waals surface area contributed by atoms with Gasteiger partial charge in [0, 0.05) is 6.42 Å². The van der Waals surface area contributed by atoms with E-state index in [9.17, 15) is 4.79 Å². The van der Waals surface area contributed by atoms with Gasteiger partial charge in [0.25, 0.3) is 0 Å². The van der Waals surface area contributed by atoms with Crippen LogP contribution in [0.3, 0.4) is 0 Å². The first kappa shape index (κ1) is 30.5. The van der Waals surface area contributed by atoms with Crippen molar-refractivity contribution in [3.05, 3.63) is 0 Å². The fourth-order valence-corrected chi connectivity index (χ4v) is 4.50. The zero-order chi connectivity index (χ0) is 22.8. The van der Waals surface area contributed by atoms with Gasteiger partial charge in [0.15, 0.2) is 0 Å². The van der Waals surface area contributed by atoms with E-state index in [4.69, 9.17) is 4.74 Å². The quantitative estimate of drug-likeness (QED) is 0.105. The fraction of sp³-hybridized carbons (Fsp3) is 0.966. The van der Waals surface area contributed by atoms with Crippen molar-refractivity contribution in [1.82, 2.24) is 0 Å². The molecule has 0 rings (SSSR count). The van der Waals surface area contributed by atoms with E-state index in [1.54, 1.807) is 0 Å². The fourth-order valence-electron chi connectivity index (χ4n) is 4.50. The second-order valence-electron chi connectivity index (χ2n) is 9.89. The van der Waals surface area contributed by atoms with Gasteiger partial charge < -0.3 is 4.74 Å². The number of carbonyl (C=O) groups is 1. The molecule has 0 aromatic carbocycles. The van der Waals surface area contributed by atoms with Crippen molar-refractivity contribution in [2.45, 2.75) is 168 Å². The van der Waals surface area contributed by atoms with E-state index in [-0.39, 0.29) is 5.97 Å². The molecule has 31 heavy (non-hydrogen) atoms. The Morgan fingerprint density at radius 3 is 1.39 bits per heavy atom. The van der Waals surface area contributed by atoms with Crippen molar-refractivity contribution in [2.75, 3.05) is 6.61 Å². The van der Waals surface area contributed by atoms with Gasteiger partial charge in [-0.1, -0.05) is 143 Å². The average molecular weight is 439 g/mol. The van der Waals surface area contributed by atoms with Crippen LogP contribution in [0.2, 0.25) is 0 Å². The Bertz CT molecular complexity index is 353. The van der Waals surface area contributed by atoms with Crippen LogP contribution in [-0.4, -0.2) is 12.6 Å². The molecule has 0 fully saturated rings. The average Bonchev–Trinajstić information content (AvgIpc) is 2.77. The largest absolute Gasteiger partial charge is 0.465 e. The SMILES string of the molecule is CCCCCCCCCCCCCCCCCCC(=O)OCC(CCC)CCCCC. The van der Waals surface area contributed by atoms with Gasteiger partial charge in [0.1, 0.15) is 0 Å². The minimum Gasteiger partial charge on any atom is -0.465 e. The van der Waals surface area contributed by atoms with E-state index >= 15 is 0 Å². The zero-order valence-corrected chi connectivity index (χ0v) is 21.9. The third-order valence-corrected chi connectivity index (χ3v) is 6.63. The van der Waals surface area contributed by atoms with Crippen molar-refractivity contribution in [3.63, 3.8) is 0 Å². The molecule has 0 bridgehead atoms. The van der Waals surface area contributed by atoms with Gasteiger partial charge >= 0.3 is 5.97 Å². The third-order valence-electron chi connectivity index (χ3n) is 6.63. The number of unbranched alkanes of at least 4 members (excludes halogenated alkanes) is 17. The second kappa shape index (κ2) is 25.7. The van der Waals surface area contributed by atoms with Crippen molar-refractivity contribution >= 4 is 5.97 Å². The van der Waals surface area contributed by atoms with Gasteiger partial charge in [-0.25, -0.2) is 0 Å². The second-order valence-corrected chi connectivity index (χ2v) is 9.89. The minimum absolute atomic E-state index is 0.0296. The molecule has 0 aromatic heterocycles. The number of hydrogen-bond acceptors (Lipinski definition) is 2. The molecule has 0 amide bonds. The highest BCUT2D eigenvalue weighted by molar-refractivity contribution is 5.69. The number of rotatable bonds is 25. The molecule has 2 heteroatoms. The van der Waals surface area contributed by atoms with E-state index in [0.29, 0.717) is 18.9 Å². The molecule has 0 saturated heterocycles. The molecule has 0 radical (unpaired) electrons. The zero-order valence-electron chi connectivity index (χ0n) is 21.9. The summed E-state index contributed by atoms with van der Waals surface area (Å²) >= 11 is 0. The maximum absolute atomic E-state index is 12.0. The molecule has 0 aliphatic rings. The van der Waals surface area contributed by atoms with Crippen LogP contribution < -0.4 is 0 Å². The lowest BCUT2D eigenvalue weighted by Crippen LogP contribution is -2.14. The Morgan fingerprint density at radius 2 is 0.935 bits per heavy atom. The first-order chi connectivity index (χ1) is 15.2. The van der Waals surface area contributed by atoms with Crippen LogP contribution in [-0.2, 0) is 9.53 Å². The Hall–Kier alpha value is -0.530. The van der Waals surface area contributed by atoms with E-state index < -0.39 is 0 Å². The smallest absolute Gasteiger partial charge is 0.305 e. The standard InChI is InChI=1S/C29H58O2/c1-4-7-9-10-11-12-13-14-15-16-17-18-19-20-21-23-26-29(30)31-27-28(24-6-3)25-22-8-5-2/h28H,4-27H2,1-3H3. The van der Waals surface area contributed by atoms with E-state index in [0.717, 1.165) is 6.42 Å². The summed E-state index contributed by atoms with van der Waals surface area (Å²) in [5.74, 6) is 0.605. The molecule has 0 N–H and O–H groups in total. The maximum Gasteiger partial charge on any atom is 0.305 e. The Balaban J connectivity index is 3.36. The van der Waals surface area contributed by atoms with Crippen molar-refractivity contribution < 1.29 is 9.53 Å². The third kappa shape index (κ3) is 24.0. The number of carbonyl (C=O) groups excluding carboxylic acids is 1. The summed E-state index contributed by atoms with van der Waals surface area (Å²) in [6.07, 6.45) is 29.9. The Morgan fingerprint density at radius 1 is 0.516 bits per heavy atom. The molecule has 1 atom stereocenters. The van der Waals surface area contributed by atoms with Crippen LogP contribution in [0, 0.1) is 5.92 Å². The molecule has 0 aliphatic carbocycles. The molecule has 2 nitrogen and oxygen atoms in total. The molecule has 0 spiro atoms.